The summed E-state index contributed by atoms with van der Waals surface area (Å²) in [6, 6.07) is 0. The van der Waals surface area contributed by atoms with E-state index in [1.54, 1.807) is 20.8 Å². The van der Waals surface area contributed by atoms with Crippen LogP contribution in [0.2, 0.25) is 0 Å². The van der Waals surface area contributed by atoms with E-state index >= 15 is 0 Å². The molecule has 2 unspecified atom stereocenters. The van der Waals surface area contributed by atoms with Crippen molar-refractivity contribution >= 4 is 16.1 Å². The van der Waals surface area contributed by atoms with Crippen LogP contribution in [-0.2, 0) is 19.6 Å². The van der Waals surface area contributed by atoms with Crippen LogP contribution < -0.4 is 5.73 Å². The number of carbonyl (C=O) groups excluding carboxylic acids is 1. The highest BCUT2D eigenvalue weighted by atomic mass is 32.2. The van der Waals surface area contributed by atoms with Gasteiger partial charge in [-0.15, -0.1) is 0 Å². The number of esters is 1. The molecule has 0 aromatic rings. The maximum absolute atomic E-state index is 11.3. The summed E-state index contributed by atoms with van der Waals surface area (Å²) < 4.78 is 35.1. The predicted molar refractivity (Wildman–Crippen MR) is 59.2 cm³/mol. The minimum absolute atomic E-state index is 0.155. The van der Waals surface area contributed by atoms with E-state index < -0.39 is 33.0 Å². The minimum Gasteiger partial charge on any atom is -0.460 e. The molecule has 0 aliphatic heterocycles. The van der Waals surface area contributed by atoms with Crippen LogP contribution in [-0.4, -0.2) is 29.9 Å². The SMILES string of the molecule is CC(CC(=O)OC(C)(C)C)C(N)S(=O)(=O)O. The van der Waals surface area contributed by atoms with Gasteiger partial charge < -0.3 is 10.5 Å². The van der Waals surface area contributed by atoms with Gasteiger partial charge in [0.15, 0.2) is 0 Å². The summed E-state index contributed by atoms with van der Waals surface area (Å²) in [6.07, 6.45) is -0.155. The van der Waals surface area contributed by atoms with E-state index in [9.17, 15) is 13.2 Å². The Morgan fingerprint density at radius 1 is 1.44 bits per heavy atom. The summed E-state index contributed by atoms with van der Waals surface area (Å²) in [6.45, 7) is 6.58. The Hall–Kier alpha value is -0.660. The van der Waals surface area contributed by atoms with E-state index in [1.807, 2.05) is 0 Å². The van der Waals surface area contributed by atoms with Gasteiger partial charge in [0.05, 0.1) is 6.42 Å². The Morgan fingerprint density at radius 2 is 1.88 bits per heavy atom. The maximum Gasteiger partial charge on any atom is 0.306 e. The molecule has 0 radical (unpaired) electrons. The molecule has 0 spiro atoms. The molecule has 0 saturated heterocycles. The van der Waals surface area contributed by atoms with Gasteiger partial charge in [0, 0.05) is 0 Å². The van der Waals surface area contributed by atoms with Gasteiger partial charge in [0.1, 0.15) is 11.0 Å². The summed E-state index contributed by atoms with van der Waals surface area (Å²) in [4.78, 5) is 11.3. The molecule has 0 aromatic heterocycles. The van der Waals surface area contributed by atoms with Gasteiger partial charge in [-0.25, -0.2) is 0 Å². The second-order valence-corrected chi connectivity index (χ2v) is 6.32. The molecule has 0 aliphatic carbocycles. The van der Waals surface area contributed by atoms with Crippen LogP contribution in [0.1, 0.15) is 34.1 Å². The first-order valence-electron chi connectivity index (χ1n) is 4.87. The van der Waals surface area contributed by atoms with E-state index in [0.717, 1.165) is 0 Å². The van der Waals surface area contributed by atoms with Crippen LogP contribution in [0.25, 0.3) is 0 Å². The van der Waals surface area contributed by atoms with Gasteiger partial charge in [-0.2, -0.15) is 8.42 Å². The Labute approximate surface area is 95.9 Å². The standard InChI is InChI=1S/C9H19NO5S/c1-6(8(10)16(12,13)14)5-7(11)15-9(2,3)4/h6,8H,5,10H2,1-4H3,(H,12,13,14). The first kappa shape index (κ1) is 15.3. The van der Waals surface area contributed by atoms with E-state index in [2.05, 4.69) is 0 Å². The van der Waals surface area contributed by atoms with Crippen molar-refractivity contribution in [3.05, 3.63) is 0 Å². The first-order chi connectivity index (χ1) is 6.93. The smallest absolute Gasteiger partial charge is 0.306 e. The summed E-state index contributed by atoms with van der Waals surface area (Å²) >= 11 is 0. The number of rotatable bonds is 4. The Kier molecular flexibility index (Phi) is 4.90. The first-order valence-corrected chi connectivity index (χ1v) is 6.37. The molecule has 0 saturated carbocycles. The van der Waals surface area contributed by atoms with Crippen LogP contribution >= 0.6 is 0 Å². The zero-order valence-corrected chi connectivity index (χ0v) is 10.7. The molecule has 0 aliphatic rings. The predicted octanol–water partition coefficient (Wildman–Crippen LogP) is 0.527. The van der Waals surface area contributed by atoms with Crippen molar-refractivity contribution in [1.82, 2.24) is 0 Å². The second kappa shape index (κ2) is 5.11. The lowest BCUT2D eigenvalue weighted by Gasteiger charge is -2.22. The van der Waals surface area contributed by atoms with Gasteiger partial charge in [-0.05, 0) is 26.7 Å². The molecule has 3 N–H and O–H groups in total. The molecule has 16 heavy (non-hydrogen) atoms. The fraction of sp³-hybridized carbons (Fsp3) is 0.889. The van der Waals surface area contributed by atoms with Crippen LogP contribution in [0.3, 0.4) is 0 Å². The van der Waals surface area contributed by atoms with Crippen LogP contribution in [0.15, 0.2) is 0 Å². The molecule has 0 bridgehead atoms. The largest absolute Gasteiger partial charge is 0.460 e. The molecule has 0 aromatic carbocycles. The number of ether oxygens (including phenoxy) is 1. The number of carbonyl (C=O) groups is 1. The van der Waals surface area contributed by atoms with E-state index in [1.165, 1.54) is 6.92 Å². The van der Waals surface area contributed by atoms with E-state index in [-0.39, 0.29) is 6.42 Å². The van der Waals surface area contributed by atoms with Gasteiger partial charge in [-0.1, -0.05) is 6.92 Å². The lowest BCUT2D eigenvalue weighted by molar-refractivity contribution is -0.155. The molecule has 96 valence electrons. The molecule has 0 rings (SSSR count). The monoisotopic (exact) mass is 253 g/mol. The lowest BCUT2D eigenvalue weighted by atomic mass is 10.1. The summed E-state index contributed by atoms with van der Waals surface area (Å²) in [5, 5.41) is -1.47. The molecule has 0 heterocycles. The van der Waals surface area contributed by atoms with E-state index in [0.29, 0.717) is 0 Å². The highest BCUT2D eigenvalue weighted by Gasteiger charge is 2.28. The lowest BCUT2D eigenvalue weighted by Crippen LogP contribution is -2.38. The second-order valence-electron chi connectivity index (χ2n) is 4.75. The molecule has 2 atom stereocenters. The van der Waals surface area contributed by atoms with Gasteiger partial charge in [0.2, 0.25) is 0 Å². The fourth-order valence-electron chi connectivity index (χ4n) is 1.06. The van der Waals surface area contributed by atoms with Crippen molar-refractivity contribution in [3.63, 3.8) is 0 Å². The number of hydrogen-bond acceptors (Lipinski definition) is 5. The maximum atomic E-state index is 11.3. The normalized spacial score (nSPS) is 16.6. The molecule has 0 fully saturated rings. The molecule has 0 amide bonds. The van der Waals surface area contributed by atoms with Crippen molar-refractivity contribution in [2.45, 2.75) is 45.1 Å². The van der Waals surface area contributed by atoms with Crippen LogP contribution in [0.5, 0.6) is 0 Å². The minimum atomic E-state index is -4.32. The van der Waals surface area contributed by atoms with Crippen molar-refractivity contribution < 1.29 is 22.5 Å². The zero-order chi connectivity index (χ0) is 13.1. The Morgan fingerprint density at radius 3 is 2.19 bits per heavy atom. The van der Waals surface area contributed by atoms with Crippen LogP contribution in [0, 0.1) is 5.92 Å². The molecular formula is C9H19NO5S. The van der Waals surface area contributed by atoms with Crippen molar-refractivity contribution in [1.29, 1.82) is 0 Å². The van der Waals surface area contributed by atoms with Crippen molar-refractivity contribution in [3.8, 4) is 0 Å². The van der Waals surface area contributed by atoms with Crippen molar-refractivity contribution in [2.75, 3.05) is 0 Å². The Balaban J connectivity index is 4.37. The topological polar surface area (TPSA) is 107 Å². The molecule has 7 heteroatoms. The summed E-state index contributed by atoms with van der Waals surface area (Å²) in [7, 11) is -4.32. The quantitative estimate of drug-likeness (QED) is 0.559. The zero-order valence-electron chi connectivity index (χ0n) is 9.93. The van der Waals surface area contributed by atoms with Gasteiger partial charge >= 0.3 is 5.97 Å². The third-order valence-corrected chi connectivity index (χ3v) is 2.97. The van der Waals surface area contributed by atoms with Gasteiger partial charge in [0.25, 0.3) is 10.1 Å². The number of hydrogen-bond donors (Lipinski definition) is 2. The molecular weight excluding hydrogens is 234 g/mol. The third kappa shape index (κ3) is 6.04. The Bertz CT molecular complexity index is 343. The van der Waals surface area contributed by atoms with Gasteiger partial charge in [-0.3, -0.25) is 9.35 Å². The fourth-order valence-corrected chi connectivity index (χ4v) is 1.74. The van der Waals surface area contributed by atoms with Crippen LogP contribution in [0.4, 0.5) is 0 Å². The summed E-state index contributed by atoms with van der Waals surface area (Å²) in [5.41, 5.74) is 4.63. The average Bonchev–Trinajstić information content (AvgIpc) is 1.96. The molecule has 6 nitrogen and oxygen atoms in total. The third-order valence-electron chi connectivity index (χ3n) is 1.81. The number of nitrogens with two attached hydrogens (primary N) is 1. The van der Waals surface area contributed by atoms with E-state index in [4.69, 9.17) is 15.0 Å². The highest BCUT2D eigenvalue weighted by Crippen LogP contribution is 2.15. The average molecular weight is 253 g/mol. The highest BCUT2D eigenvalue weighted by molar-refractivity contribution is 7.86. The van der Waals surface area contributed by atoms with Crippen molar-refractivity contribution in [2.24, 2.45) is 11.7 Å². The summed E-state index contributed by atoms with van der Waals surface area (Å²) in [5.74, 6) is -1.25.